The third-order valence-electron chi connectivity index (χ3n) is 1.85. The monoisotopic (exact) mass is 219 g/mol. The summed E-state index contributed by atoms with van der Waals surface area (Å²) in [5.41, 5.74) is -1.39. The fraction of sp³-hybridized carbons (Fsp3) is 0.778. The van der Waals surface area contributed by atoms with E-state index < -0.39 is 11.5 Å². The van der Waals surface area contributed by atoms with Crippen LogP contribution in [0.4, 0.5) is 0 Å². The molecule has 0 aromatic rings. The van der Waals surface area contributed by atoms with Crippen LogP contribution in [0, 0.1) is 0 Å². The first-order chi connectivity index (χ1) is 6.96. The summed E-state index contributed by atoms with van der Waals surface area (Å²) in [5.74, 6) is -1.51. The van der Waals surface area contributed by atoms with E-state index in [0.29, 0.717) is 0 Å². The zero-order chi connectivity index (χ0) is 11.9. The van der Waals surface area contributed by atoms with Gasteiger partial charge in [0, 0.05) is 20.6 Å². The molecule has 6 nitrogen and oxygen atoms in total. The van der Waals surface area contributed by atoms with Crippen molar-refractivity contribution in [2.24, 2.45) is 0 Å². The number of ether oxygens (including phenoxy) is 2. The minimum atomic E-state index is -1.39. The van der Waals surface area contributed by atoms with Gasteiger partial charge < -0.3 is 19.9 Å². The predicted molar refractivity (Wildman–Crippen MR) is 52.6 cm³/mol. The van der Waals surface area contributed by atoms with Crippen LogP contribution in [0.3, 0.4) is 0 Å². The molecular formula is C9H17NO5. The fourth-order valence-electron chi connectivity index (χ4n) is 1.00. The Hall–Kier alpha value is -1.14. The largest absolute Gasteiger partial charge is 0.479 e. The molecule has 15 heavy (non-hydrogen) atoms. The van der Waals surface area contributed by atoms with E-state index in [1.54, 1.807) is 0 Å². The molecule has 1 amide bonds. The molecule has 0 bridgehead atoms. The van der Waals surface area contributed by atoms with Crippen LogP contribution in [0.15, 0.2) is 0 Å². The van der Waals surface area contributed by atoms with Crippen molar-refractivity contribution in [2.45, 2.75) is 18.9 Å². The van der Waals surface area contributed by atoms with Gasteiger partial charge in [-0.3, -0.25) is 4.79 Å². The minimum absolute atomic E-state index is 0.0823. The van der Waals surface area contributed by atoms with E-state index in [1.165, 1.54) is 21.1 Å². The molecule has 0 aromatic carbocycles. The number of carbonyl (C=O) groups excluding carboxylic acids is 1. The Morgan fingerprint density at radius 1 is 1.33 bits per heavy atom. The molecule has 0 fully saturated rings. The first kappa shape index (κ1) is 13.9. The van der Waals surface area contributed by atoms with E-state index in [0.717, 1.165) is 0 Å². The summed E-state index contributed by atoms with van der Waals surface area (Å²) in [7, 11) is 2.85. The van der Waals surface area contributed by atoms with E-state index in [9.17, 15) is 9.59 Å². The van der Waals surface area contributed by atoms with Gasteiger partial charge in [0.15, 0.2) is 5.54 Å². The van der Waals surface area contributed by atoms with E-state index in [2.05, 4.69) is 5.32 Å². The molecule has 0 aliphatic heterocycles. The van der Waals surface area contributed by atoms with Crippen molar-refractivity contribution in [1.29, 1.82) is 0 Å². The first-order valence-corrected chi connectivity index (χ1v) is 4.48. The molecule has 0 aliphatic carbocycles. The average Bonchev–Trinajstić information content (AvgIpc) is 2.14. The van der Waals surface area contributed by atoms with Crippen LogP contribution in [-0.2, 0) is 19.1 Å². The lowest BCUT2D eigenvalue weighted by Gasteiger charge is -2.25. The van der Waals surface area contributed by atoms with Crippen molar-refractivity contribution in [3.8, 4) is 0 Å². The number of rotatable bonds is 7. The minimum Gasteiger partial charge on any atom is -0.479 e. The van der Waals surface area contributed by atoms with Gasteiger partial charge in [-0.1, -0.05) is 0 Å². The second kappa shape index (κ2) is 6.36. The summed E-state index contributed by atoms with van der Waals surface area (Å²) in [6, 6.07) is 0. The van der Waals surface area contributed by atoms with Crippen LogP contribution in [-0.4, -0.2) is 50.0 Å². The summed E-state index contributed by atoms with van der Waals surface area (Å²) < 4.78 is 9.45. The van der Waals surface area contributed by atoms with Gasteiger partial charge in [0.05, 0.1) is 13.2 Å². The van der Waals surface area contributed by atoms with Gasteiger partial charge in [-0.15, -0.1) is 0 Å². The number of aliphatic carboxylic acids is 1. The van der Waals surface area contributed by atoms with Gasteiger partial charge in [-0.25, -0.2) is 4.79 Å². The molecule has 1 unspecified atom stereocenters. The van der Waals surface area contributed by atoms with Gasteiger partial charge in [-0.2, -0.15) is 0 Å². The van der Waals surface area contributed by atoms with E-state index in [4.69, 9.17) is 14.6 Å². The van der Waals surface area contributed by atoms with Gasteiger partial charge in [-0.05, 0) is 6.92 Å². The van der Waals surface area contributed by atoms with Gasteiger partial charge >= 0.3 is 5.97 Å². The van der Waals surface area contributed by atoms with Crippen molar-refractivity contribution in [2.75, 3.05) is 27.4 Å². The number of carboxylic acid groups (broad SMARTS) is 1. The average molecular weight is 219 g/mol. The third kappa shape index (κ3) is 4.75. The van der Waals surface area contributed by atoms with Crippen LogP contribution < -0.4 is 5.32 Å². The molecule has 1 atom stereocenters. The summed E-state index contributed by atoms with van der Waals surface area (Å²) in [5, 5.41) is 11.3. The SMILES string of the molecule is COCCC(=O)NC(C)(COC)C(=O)O. The summed E-state index contributed by atoms with van der Waals surface area (Å²) in [6.07, 6.45) is 0.128. The highest BCUT2D eigenvalue weighted by atomic mass is 16.5. The number of hydrogen-bond acceptors (Lipinski definition) is 4. The van der Waals surface area contributed by atoms with Crippen molar-refractivity contribution >= 4 is 11.9 Å². The zero-order valence-corrected chi connectivity index (χ0v) is 9.20. The molecule has 2 N–H and O–H groups in total. The maximum absolute atomic E-state index is 11.3. The zero-order valence-electron chi connectivity index (χ0n) is 9.20. The van der Waals surface area contributed by atoms with E-state index >= 15 is 0 Å². The molecule has 0 saturated heterocycles. The molecule has 0 rings (SSSR count). The smallest absolute Gasteiger partial charge is 0.331 e. The molecule has 0 aromatic heterocycles. The van der Waals surface area contributed by atoms with Gasteiger partial charge in [0.25, 0.3) is 0 Å². The van der Waals surface area contributed by atoms with Crippen molar-refractivity contribution in [3.63, 3.8) is 0 Å². The first-order valence-electron chi connectivity index (χ1n) is 4.48. The fourth-order valence-corrected chi connectivity index (χ4v) is 1.00. The Kier molecular flexibility index (Phi) is 5.88. The highest BCUT2D eigenvalue weighted by Crippen LogP contribution is 2.05. The highest BCUT2D eigenvalue weighted by Gasteiger charge is 2.34. The summed E-state index contributed by atoms with van der Waals surface area (Å²) in [4.78, 5) is 22.2. The predicted octanol–water partition coefficient (Wildman–Crippen LogP) is -0.371. The molecule has 0 radical (unpaired) electrons. The highest BCUT2D eigenvalue weighted by molar-refractivity contribution is 5.86. The molecule has 0 aliphatic rings. The van der Waals surface area contributed by atoms with Crippen molar-refractivity contribution < 1.29 is 24.2 Å². The van der Waals surface area contributed by atoms with Crippen LogP contribution in [0.25, 0.3) is 0 Å². The van der Waals surface area contributed by atoms with Crippen LogP contribution in [0.2, 0.25) is 0 Å². The van der Waals surface area contributed by atoms with Crippen LogP contribution in [0.5, 0.6) is 0 Å². The number of amides is 1. The lowest BCUT2D eigenvalue weighted by Crippen LogP contribution is -2.55. The van der Waals surface area contributed by atoms with Crippen LogP contribution >= 0.6 is 0 Å². The number of carbonyl (C=O) groups is 2. The molecule has 88 valence electrons. The molecule has 0 spiro atoms. The van der Waals surface area contributed by atoms with Gasteiger partial charge in [0.1, 0.15) is 0 Å². The normalized spacial score (nSPS) is 14.3. The number of nitrogens with one attached hydrogen (secondary N) is 1. The second-order valence-electron chi connectivity index (χ2n) is 3.36. The Balaban J connectivity index is 4.28. The Labute approximate surface area is 88.6 Å². The Bertz CT molecular complexity index is 231. The molecule has 6 heteroatoms. The van der Waals surface area contributed by atoms with E-state index in [1.807, 2.05) is 0 Å². The summed E-state index contributed by atoms with van der Waals surface area (Å²) >= 11 is 0. The maximum Gasteiger partial charge on any atom is 0.331 e. The van der Waals surface area contributed by atoms with Crippen molar-refractivity contribution in [3.05, 3.63) is 0 Å². The number of hydrogen-bond donors (Lipinski definition) is 2. The lowest BCUT2D eigenvalue weighted by atomic mass is 10.0. The van der Waals surface area contributed by atoms with E-state index in [-0.39, 0.29) is 25.5 Å². The topological polar surface area (TPSA) is 84.9 Å². The summed E-state index contributed by atoms with van der Waals surface area (Å²) in [6.45, 7) is 1.57. The van der Waals surface area contributed by atoms with Crippen LogP contribution in [0.1, 0.15) is 13.3 Å². The number of carboxylic acids is 1. The van der Waals surface area contributed by atoms with Crippen molar-refractivity contribution in [1.82, 2.24) is 5.32 Å². The number of methoxy groups -OCH3 is 2. The Morgan fingerprint density at radius 3 is 2.33 bits per heavy atom. The Morgan fingerprint density at radius 2 is 1.93 bits per heavy atom. The molecule has 0 heterocycles. The maximum atomic E-state index is 11.3. The lowest BCUT2D eigenvalue weighted by molar-refractivity contribution is -0.149. The molecule has 0 saturated carbocycles. The third-order valence-corrected chi connectivity index (χ3v) is 1.85. The quantitative estimate of drug-likeness (QED) is 0.610. The van der Waals surface area contributed by atoms with Gasteiger partial charge in [0.2, 0.25) is 5.91 Å². The second-order valence-corrected chi connectivity index (χ2v) is 3.36. The molecular weight excluding hydrogens is 202 g/mol. The standard InChI is InChI=1S/C9H17NO5/c1-9(6-15-3,8(12)13)10-7(11)4-5-14-2/h4-6H2,1-3H3,(H,10,11)(H,12,13).